The average Bonchev–Trinajstić information content (AvgIpc) is 3.27. The van der Waals surface area contributed by atoms with Crippen LogP contribution in [0.4, 0.5) is 5.13 Å². The highest BCUT2D eigenvalue weighted by molar-refractivity contribution is 7.14. The Morgan fingerprint density at radius 2 is 2.03 bits per heavy atom. The maximum atomic E-state index is 12.5. The molecule has 4 rings (SSSR count). The maximum absolute atomic E-state index is 12.5. The Labute approximate surface area is 186 Å². The highest BCUT2D eigenvalue weighted by atomic mass is 32.1. The molecule has 0 atom stereocenters. The second-order valence-electron chi connectivity index (χ2n) is 7.44. The molecule has 0 unspecified atom stereocenters. The summed E-state index contributed by atoms with van der Waals surface area (Å²) in [5.74, 6) is 0.714. The monoisotopic (exact) mass is 437 g/mol. The summed E-state index contributed by atoms with van der Waals surface area (Å²) >= 11 is 1.42. The van der Waals surface area contributed by atoms with Crippen molar-refractivity contribution in [2.45, 2.75) is 12.8 Å². The molecule has 8 heteroatoms. The molecule has 0 spiro atoms. The van der Waals surface area contributed by atoms with Gasteiger partial charge in [0, 0.05) is 56.1 Å². The lowest BCUT2D eigenvalue weighted by Gasteiger charge is -2.26. The lowest BCUT2D eigenvalue weighted by atomic mass is 10.1. The molecule has 1 saturated heterocycles. The van der Waals surface area contributed by atoms with Crippen molar-refractivity contribution < 1.29 is 9.53 Å². The number of carbonyl (C=O) groups excluding carboxylic acids is 1. The fourth-order valence-corrected chi connectivity index (χ4v) is 4.23. The first-order valence-corrected chi connectivity index (χ1v) is 11.4. The molecule has 3 aromatic rings. The van der Waals surface area contributed by atoms with Crippen molar-refractivity contribution in [3.05, 3.63) is 59.7 Å². The Bertz CT molecular complexity index is 973. The van der Waals surface area contributed by atoms with E-state index >= 15 is 0 Å². The van der Waals surface area contributed by atoms with Crippen LogP contribution in [0.25, 0.3) is 11.3 Å². The van der Waals surface area contributed by atoms with Gasteiger partial charge in [0.05, 0.1) is 18.7 Å². The van der Waals surface area contributed by atoms with Crippen molar-refractivity contribution in [3.63, 3.8) is 0 Å². The minimum atomic E-state index is -0.0912. The van der Waals surface area contributed by atoms with Gasteiger partial charge in [0.2, 0.25) is 5.91 Å². The molecule has 1 amide bonds. The van der Waals surface area contributed by atoms with Gasteiger partial charge in [0.1, 0.15) is 5.75 Å². The van der Waals surface area contributed by atoms with E-state index in [4.69, 9.17) is 4.74 Å². The number of anilines is 1. The van der Waals surface area contributed by atoms with E-state index in [-0.39, 0.29) is 12.3 Å². The Kier molecular flexibility index (Phi) is 7.60. The molecule has 2 N–H and O–H groups in total. The molecule has 0 radical (unpaired) electrons. The first-order valence-electron chi connectivity index (χ1n) is 10.6. The number of hydrogen-bond acceptors (Lipinski definition) is 7. The molecule has 31 heavy (non-hydrogen) atoms. The number of aromatic nitrogens is 2. The number of ether oxygens (including phenoxy) is 1. The van der Waals surface area contributed by atoms with Gasteiger partial charge in [-0.15, -0.1) is 11.3 Å². The van der Waals surface area contributed by atoms with Crippen LogP contribution < -0.4 is 15.4 Å². The van der Waals surface area contributed by atoms with Gasteiger partial charge < -0.3 is 20.3 Å². The van der Waals surface area contributed by atoms with Crippen LogP contribution in [0, 0.1) is 0 Å². The third kappa shape index (κ3) is 6.58. The Morgan fingerprint density at radius 3 is 2.87 bits per heavy atom. The van der Waals surface area contributed by atoms with E-state index < -0.39 is 0 Å². The van der Waals surface area contributed by atoms with E-state index in [2.05, 4.69) is 25.5 Å². The van der Waals surface area contributed by atoms with Crippen LogP contribution in [-0.4, -0.2) is 60.1 Å². The molecule has 2 aromatic heterocycles. The first-order chi connectivity index (χ1) is 15.3. The van der Waals surface area contributed by atoms with Crippen LogP contribution >= 0.6 is 11.3 Å². The van der Waals surface area contributed by atoms with E-state index in [9.17, 15) is 4.79 Å². The first kappa shape index (κ1) is 21.4. The number of rotatable bonds is 9. The smallest absolute Gasteiger partial charge is 0.230 e. The van der Waals surface area contributed by atoms with Crippen LogP contribution in [-0.2, 0) is 11.2 Å². The van der Waals surface area contributed by atoms with Gasteiger partial charge in [-0.3, -0.25) is 9.78 Å². The Morgan fingerprint density at radius 1 is 1.19 bits per heavy atom. The van der Waals surface area contributed by atoms with E-state index in [1.165, 1.54) is 11.3 Å². The quantitative estimate of drug-likeness (QED) is 0.501. The minimum Gasteiger partial charge on any atom is -0.494 e. The summed E-state index contributed by atoms with van der Waals surface area (Å²) in [4.78, 5) is 23.4. The van der Waals surface area contributed by atoms with Crippen molar-refractivity contribution in [3.8, 4) is 17.0 Å². The van der Waals surface area contributed by atoms with E-state index in [1.54, 1.807) is 12.4 Å². The second kappa shape index (κ2) is 11.0. The van der Waals surface area contributed by atoms with Crippen molar-refractivity contribution in [1.82, 2.24) is 20.2 Å². The zero-order valence-electron chi connectivity index (χ0n) is 17.4. The van der Waals surface area contributed by atoms with Gasteiger partial charge in [-0.1, -0.05) is 12.1 Å². The number of carbonyl (C=O) groups is 1. The van der Waals surface area contributed by atoms with Crippen LogP contribution in [0.2, 0.25) is 0 Å². The average molecular weight is 438 g/mol. The summed E-state index contributed by atoms with van der Waals surface area (Å²) in [7, 11) is 0. The summed E-state index contributed by atoms with van der Waals surface area (Å²) in [6, 6.07) is 11.5. The highest BCUT2D eigenvalue weighted by Gasteiger charge is 2.10. The summed E-state index contributed by atoms with van der Waals surface area (Å²) in [6.45, 7) is 6.07. The molecular weight excluding hydrogens is 410 g/mol. The van der Waals surface area contributed by atoms with Gasteiger partial charge in [0.15, 0.2) is 5.13 Å². The molecule has 3 heterocycles. The molecule has 0 saturated carbocycles. The normalized spacial score (nSPS) is 14.3. The predicted octanol–water partition coefficient (Wildman–Crippen LogP) is 3.06. The number of pyridine rings is 1. The minimum absolute atomic E-state index is 0.0912. The Balaban J connectivity index is 1.23. The molecule has 0 aliphatic carbocycles. The summed E-state index contributed by atoms with van der Waals surface area (Å²) in [5.41, 5.74) is 2.73. The number of nitrogens with zero attached hydrogens (tertiary/aromatic N) is 3. The molecule has 1 aromatic carbocycles. The summed E-state index contributed by atoms with van der Waals surface area (Å²) in [6.07, 6.45) is 4.73. The number of nitrogens with one attached hydrogen (secondary N) is 2. The molecular formula is C23H27N5O2S. The predicted molar refractivity (Wildman–Crippen MR) is 124 cm³/mol. The number of thiazole rings is 1. The lowest BCUT2D eigenvalue weighted by Crippen LogP contribution is -2.43. The van der Waals surface area contributed by atoms with Crippen molar-refractivity contribution in [2.24, 2.45) is 0 Å². The molecule has 7 nitrogen and oxygen atoms in total. The van der Waals surface area contributed by atoms with Crippen molar-refractivity contribution in [2.75, 3.05) is 44.6 Å². The topological polar surface area (TPSA) is 79.4 Å². The standard InChI is InChI=1S/C23H27N5O2S/c29-22(27-23-26-21(17-31-23)19-5-7-24-8-6-19)16-18-3-1-4-20(15-18)30-14-2-11-28-12-9-25-10-13-28/h1,3-8,15,17,25H,2,9-14,16H2,(H,26,27,29). The van der Waals surface area contributed by atoms with Crippen LogP contribution in [0.5, 0.6) is 5.75 Å². The van der Waals surface area contributed by atoms with Crippen molar-refractivity contribution in [1.29, 1.82) is 0 Å². The molecule has 0 bridgehead atoms. The third-order valence-electron chi connectivity index (χ3n) is 5.09. The van der Waals surface area contributed by atoms with Crippen LogP contribution in [0.15, 0.2) is 54.2 Å². The summed E-state index contributed by atoms with van der Waals surface area (Å²) < 4.78 is 5.90. The summed E-state index contributed by atoms with van der Waals surface area (Å²) in [5, 5.41) is 8.78. The fraction of sp³-hybridized carbons (Fsp3) is 0.348. The third-order valence-corrected chi connectivity index (χ3v) is 5.84. The van der Waals surface area contributed by atoms with E-state index in [0.717, 1.165) is 61.7 Å². The number of amides is 1. The van der Waals surface area contributed by atoms with E-state index in [1.807, 2.05) is 41.8 Å². The molecule has 1 aliphatic heterocycles. The number of hydrogen-bond donors (Lipinski definition) is 2. The lowest BCUT2D eigenvalue weighted by molar-refractivity contribution is -0.115. The van der Waals surface area contributed by atoms with E-state index in [0.29, 0.717) is 11.7 Å². The number of piperazine rings is 1. The SMILES string of the molecule is O=C(Cc1cccc(OCCCN2CCNCC2)c1)Nc1nc(-c2ccncc2)cs1. The zero-order valence-corrected chi connectivity index (χ0v) is 18.2. The Hall–Kier alpha value is -2.81. The van der Waals surface area contributed by atoms with Crippen LogP contribution in [0.3, 0.4) is 0 Å². The largest absolute Gasteiger partial charge is 0.494 e. The van der Waals surface area contributed by atoms with Gasteiger partial charge in [-0.2, -0.15) is 0 Å². The molecule has 1 fully saturated rings. The van der Waals surface area contributed by atoms with Gasteiger partial charge in [-0.05, 0) is 36.2 Å². The molecule has 1 aliphatic rings. The number of benzene rings is 1. The maximum Gasteiger partial charge on any atom is 0.230 e. The van der Waals surface area contributed by atoms with Crippen LogP contribution in [0.1, 0.15) is 12.0 Å². The van der Waals surface area contributed by atoms with Gasteiger partial charge in [0.25, 0.3) is 0 Å². The van der Waals surface area contributed by atoms with Crippen molar-refractivity contribution >= 4 is 22.4 Å². The van der Waals surface area contributed by atoms with Gasteiger partial charge in [-0.25, -0.2) is 4.98 Å². The zero-order chi connectivity index (χ0) is 21.3. The highest BCUT2D eigenvalue weighted by Crippen LogP contribution is 2.24. The second-order valence-corrected chi connectivity index (χ2v) is 8.30. The fourth-order valence-electron chi connectivity index (χ4n) is 3.49. The molecule has 162 valence electrons. The van der Waals surface area contributed by atoms with Gasteiger partial charge >= 0.3 is 0 Å².